The third-order valence-electron chi connectivity index (χ3n) is 2.97. The number of hydrogen-bond acceptors (Lipinski definition) is 0. The number of hydrogen-bond donors (Lipinski definition) is 0. The first-order chi connectivity index (χ1) is 8.63. The van der Waals surface area contributed by atoms with Crippen LogP contribution in [0.1, 0.15) is 72.1 Å². The van der Waals surface area contributed by atoms with E-state index in [9.17, 15) is 0 Å². The molecule has 0 aliphatic heterocycles. The Kier molecular flexibility index (Phi) is 12.1. The lowest BCUT2D eigenvalue weighted by Gasteiger charge is -1.99. The van der Waals surface area contributed by atoms with Gasteiger partial charge in [-0.15, -0.1) is 6.58 Å². The van der Waals surface area contributed by atoms with Gasteiger partial charge in [0.25, 0.3) is 0 Å². The molecule has 0 saturated carbocycles. The predicted octanol–water partition coefficient (Wildman–Crippen LogP) is 6.45. The molecule has 18 heavy (non-hydrogen) atoms. The summed E-state index contributed by atoms with van der Waals surface area (Å²) in [6.45, 7) is 10.6. The van der Waals surface area contributed by atoms with Crippen molar-refractivity contribution in [1.29, 1.82) is 0 Å². The maximum absolute atomic E-state index is 3.91. The minimum atomic E-state index is 0.832. The van der Waals surface area contributed by atoms with Crippen molar-refractivity contribution in [3.63, 3.8) is 0 Å². The van der Waals surface area contributed by atoms with Crippen LogP contribution in [0.4, 0.5) is 0 Å². The molecule has 0 bridgehead atoms. The largest absolute Gasteiger partial charge is 0.100 e. The summed E-state index contributed by atoms with van der Waals surface area (Å²) in [6.07, 6.45) is 19.3. The fraction of sp³-hybridized carbons (Fsp3) is 0.667. The molecular formula is C18H32. The van der Waals surface area contributed by atoms with Gasteiger partial charge in [0.1, 0.15) is 0 Å². The molecule has 0 heterocycles. The van der Waals surface area contributed by atoms with Gasteiger partial charge in [0.2, 0.25) is 0 Å². The Morgan fingerprint density at radius 2 is 1.39 bits per heavy atom. The van der Waals surface area contributed by atoms with Crippen LogP contribution in [0.25, 0.3) is 0 Å². The SMILES string of the molecule is C=C(C)CC/C=C\CCCC/C=C/CCC(C)C. The third-order valence-corrected chi connectivity index (χ3v) is 2.97. The molecular weight excluding hydrogens is 216 g/mol. The minimum absolute atomic E-state index is 0.832. The summed E-state index contributed by atoms with van der Waals surface area (Å²) < 4.78 is 0. The molecule has 0 nitrogen and oxygen atoms in total. The lowest BCUT2D eigenvalue weighted by Crippen LogP contribution is -1.83. The van der Waals surface area contributed by atoms with Crippen LogP contribution < -0.4 is 0 Å². The van der Waals surface area contributed by atoms with E-state index in [4.69, 9.17) is 0 Å². The highest BCUT2D eigenvalue weighted by atomic mass is 14.0. The highest BCUT2D eigenvalue weighted by Crippen LogP contribution is 2.07. The van der Waals surface area contributed by atoms with Crippen molar-refractivity contribution in [3.05, 3.63) is 36.5 Å². The molecule has 0 aromatic rings. The molecule has 0 amide bonds. The molecule has 0 aromatic heterocycles. The summed E-state index contributed by atoms with van der Waals surface area (Å²) in [5.41, 5.74) is 1.28. The molecule has 0 unspecified atom stereocenters. The first kappa shape index (κ1) is 17.2. The second-order valence-electron chi connectivity index (χ2n) is 5.69. The van der Waals surface area contributed by atoms with Crippen molar-refractivity contribution < 1.29 is 0 Å². The maximum Gasteiger partial charge on any atom is -0.0291 e. The zero-order valence-corrected chi connectivity index (χ0v) is 12.8. The Hall–Kier alpha value is -0.780. The van der Waals surface area contributed by atoms with Crippen molar-refractivity contribution in [2.45, 2.75) is 72.1 Å². The molecule has 0 heteroatoms. The Morgan fingerprint density at radius 1 is 0.889 bits per heavy atom. The van der Waals surface area contributed by atoms with Gasteiger partial charge in [0.05, 0.1) is 0 Å². The quantitative estimate of drug-likeness (QED) is 0.291. The molecule has 0 spiro atoms. The third kappa shape index (κ3) is 15.2. The van der Waals surface area contributed by atoms with Gasteiger partial charge in [-0.05, 0) is 64.2 Å². The summed E-state index contributed by atoms with van der Waals surface area (Å²) in [4.78, 5) is 0. The summed E-state index contributed by atoms with van der Waals surface area (Å²) in [6, 6.07) is 0. The van der Waals surface area contributed by atoms with Gasteiger partial charge in [0, 0.05) is 0 Å². The monoisotopic (exact) mass is 248 g/mol. The average Bonchev–Trinajstić information content (AvgIpc) is 2.29. The summed E-state index contributed by atoms with van der Waals surface area (Å²) >= 11 is 0. The molecule has 0 fully saturated rings. The zero-order valence-electron chi connectivity index (χ0n) is 12.8. The lowest BCUT2D eigenvalue weighted by atomic mass is 10.1. The van der Waals surface area contributed by atoms with E-state index in [1.807, 2.05) is 0 Å². The van der Waals surface area contributed by atoms with Crippen LogP contribution in [0.2, 0.25) is 0 Å². The van der Waals surface area contributed by atoms with Gasteiger partial charge in [-0.2, -0.15) is 0 Å². The first-order valence-electron chi connectivity index (χ1n) is 7.57. The normalized spacial score (nSPS) is 12.0. The van der Waals surface area contributed by atoms with Crippen LogP contribution in [0.3, 0.4) is 0 Å². The molecule has 0 atom stereocenters. The van der Waals surface area contributed by atoms with Crippen LogP contribution in [0.15, 0.2) is 36.5 Å². The fourth-order valence-electron chi connectivity index (χ4n) is 1.76. The second kappa shape index (κ2) is 12.7. The molecule has 0 aromatic carbocycles. The average molecular weight is 248 g/mol. The first-order valence-corrected chi connectivity index (χ1v) is 7.57. The second-order valence-corrected chi connectivity index (χ2v) is 5.69. The van der Waals surface area contributed by atoms with E-state index in [1.165, 1.54) is 44.1 Å². The van der Waals surface area contributed by atoms with Gasteiger partial charge in [-0.3, -0.25) is 0 Å². The van der Waals surface area contributed by atoms with E-state index in [1.54, 1.807) is 0 Å². The van der Waals surface area contributed by atoms with E-state index in [2.05, 4.69) is 51.7 Å². The fourth-order valence-corrected chi connectivity index (χ4v) is 1.76. The Bertz CT molecular complexity index is 243. The molecule has 0 aliphatic rings. The van der Waals surface area contributed by atoms with Crippen molar-refractivity contribution in [3.8, 4) is 0 Å². The van der Waals surface area contributed by atoms with Gasteiger partial charge < -0.3 is 0 Å². The predicted molar refractivity (Wildman–Crippen MR) is 84.9 cm³/mol. The van der Waals surface area contributed by atoms with E-state index in [0.29, 0.717) is 0 Å². The van der Waals surface area contributed by atoms with E-state index >= 15 is 0 Å². The van der Waals surface area contributed by atoms with Gasteiger partial charge in [-0.25, -0.2) is 0 Å². The minimum Gasteiger partial charge on any atom is -0.100 e. The van der Waals surface area contributed by atoms with Crippen LogP contribution in [-0.2, 0) is 0 Å². The molecule has 0 radical (unpaired) electrons. The van der Waals surface area contributed by atoms with Crippen LogP contribution >= 0.6 is 0 Å². The Labute approximate surface area is 115 Å². The molecule has 0 aliphatic carbocycles. The topological polar surface area (TPSA) is 0 Å². The maximum atomic E-state index is 3.91. The highest BCUT2D eigenvalue weighted by Gasteiger charge is 1.89. The molecule has 0 rings (SSSR count). The van der Waals surface area contributed by atoms with E-state index in [0.717, 1.165) is 18.8 Å². The molecule has 0 N–H and O–H groups in total. The lowest BCUT2D eigenvalue weighted by molar-refractivity contribution is 0.593. The smallest absolute Gasteiger partial charge is 0.0291 e. The van der Waals surface area contributed by atoms with Gasteiger partial charge >= 0.3 is 0 Å². The van der Waals surface area contributed by atoms with Gasteiger partial charge in [-0.1, -0.05) is 43.7 Å². The Balaban J connectivity index is 3.22. The van der Waals surface area contributed by atoms with Crippen molar-refractivity contribution in [2.75, 3.05) is 0 Å². The van der Waals surface area contributed by atoms with Crippen LogP contribution in [0.5, 0.6) is 0 Å². The highest BCUT2D eigenvalue weighted by molar-refractivity contribution is 4.92. The van der Waals surface area contributed by atoms with Crippen LogP contribution in [-0.4, -0.2) is 0 Å². The van der Waals surface area contributed by atoms with E-state index in [-0.39, 0.29) is 0 Å². The number of allylic oxidation sites excluding steroid dienone is 5. The van der Waals surface area contributed by atoms with Gasteiger partial charge in [0.15, 0.2) is 0 Å². The molecule has 0 saturated heterocycles. The Morgan fingerprint density at radius 3 is 1.89 bits per heavy atom. The summed E-state index contributed by atoms with van der Waals surface area (Å²) in [7, 11) is 0. The standard InChI is InChI=1S/C18H32/c1-17(2)15-13-11-9-7-5-6-8-10-12-14-16-18(3)4/h9-12,18H,1,5-8,13-16H2,2-4H3/b11-9-,12-10+. The molecule has 104 valence electrons. The number of rotatable bonds is 11. The summed E-state index contributed by atoms with van der Waals surface area (Å²) in [5.74, 6) is 0.832. The van der Waals surface area contributed by atoms with Crippen molar-refractivity contribution in [1.82, 2.24) is 0 Å². The van der Waals surface area contributed by atoms with Crippen molar-refractivity contribution >= 4 is 0 Å². The number of unbranched alkanes of at least 4 members (excludes halogenated alkanes) is 3. The van der Waals surface area contributed by atoms with E-state index < -0.39 is 0 Å². The summed E-state index contributed by atoms with van der Waals surface area (Å²) in [5, 5.41) is 0. The van der Waals surface area contributed by atoms with Crippen molar-refractivity contribution in [2.24, 2.45) is 5.92 Å². The zero-order chi connectivity index (χ0) is 13.6. The van der Waals surface area contributed by atoms with Crippen LogP contribution in [0, 0.1) is 5.92 Å².